The Morgan fingerprint density at radius 2 is 2.24 bits per heavy atom. The van der Waals surface area contributed by atoms with E-state index in [9.17, 15) is 0 Å². The van der Waals surface area contributed by atoms with E-state index in [1.807, 2.05) is 26.2 Å². The Labute approximate surface area is 96.9 Å². The molecule has 3 rings (SSSR count). The molecular weight excluding hydrogens is 218 g/mol. The number of nitrogens with zero attached hydrogens (tertiary/aromatic N) is 5. The number of aromatic nitrogens is 6. The first kappa shape index (κ1) is 9.76. The highest BCUT2D eigenvalue weighted by atomic mass is 15.3. The summed E-state index contributed by atoms with van der Waals surface area (Å²) in [5.41, 5.74) is 1.44. The minimum Gasteiger partial charge on any atom is -0.338 e. The van der Waals surface area contributed by atoms with E-state index in [-0.39, 0.29) is 0 Å². The van der Waals surface area contributed by atoms with Crippen LogP contribution in [0.25, 0.3) is 11.2 Å². The highest BCUT2D eigenvalue weighted by Gasteiger charge is 2.08. The number of hydrogen-bond acceptors (Lipinski definition) is 5. The summed E-state index contributed by atoms with van der Waals surface area (Å²) in [6, 6.07) is 1.87. The van der Waals surface area contributed by atoms with Crippen LogP contribution in [-0.2, 0) is 7.05 Å². The number of aromatic amines is 1. The third-order valence-electron chi connectivity index (χ3n) is 2.37. The number of aryl methyl sites for hydroxylation is 2. The van der Waals surface area contributed by atoms with Crippen LogP contribution >= 0.6 is 0 Å². The van der Waals surface area contributed by atoms with Gasteiger partial charge in [-0.1, -0.05) is 0 Å². The van der Waals surface area contributed by atoms with Gasteiger partial charge >= 0.3 is 0 Å². The molecule has 0 aliphatic carbocycles. The fourth-order valence-corrected chi connectivity index (χ4v) is 1.64. The molecule has 0 saturated carbocycles. The van der Waals surface area contributed by atoms with Crippen molar-refractivity contribution in [2.45, 2.75) is 6.92 Å². The maximum atomic E-state index is 4.25. The molecule has 3 aromatic heterocycles. The minimum atomic E-state index is 0.649. The lowest BCUT2D eigenvalue weighted by molar-refractivity contribution is 0.771. The summed E-state index contributed by atoms with van der Waals surface area (Å²) in [7, 11) is 1.86. The second kappa shape index (κ2) is 3.55. The summed E-state index contributed by atoms with van der Waals surface area (Å²) in [6.07, 6.45) is 3.34. The fourth-order valence-electron chi connectivity index (χ4n) is 1.64. The smallest absolute Gasteiger partial charge is 0.183 e. The molecule has 0 aliphatic rings. The fraction of sp³-hybridized carbons (Fsp3) is 0.200. The number of hydrogen-bond donors (Lipinski definition) is 2. The standard InChI is InChI=1S/C10H11N7/c1-6-13-8-9(14-6)11-5-12-10(8)15-7-3-4-17(2)16-7/h3-5H,1-2H3,(H2,11,12,13,14,15,16). The molecule has 3 heterocycles. The van der Waals surface area contributed by atoms with Gasteiger partial charge in [0.2, 0.25) is 0 Å². The molecule has 7 nitrogen and oxygen atoms in total. The zero-order valence-corrected chi connectivity index (χ0v) is 9.47. The van der Waals surface area contributed by atoms with Gasteiger partial charge in [-0.15, -0.1) is 0 Å². The van der Waals surface area contributed by atoms with Crippen molar-refractivity contribution in [2.24, 2.45) is 7.05 Å². The molecule has 0 bridgehead atoms. The molecule has 0 saturated heterocycles. The second-order valence-electron chi connectivity index (χ2n) is 3.74. The summed E-state index contributed by atoms with van der Waals surface area (Å²) >= 11 is 0. The Morgan fingerprint density at radius 1 is 1.35 bits per heavy atom. The van der Waals surface area contributed by atoms with Crippen molar-refractivity contribution in [1.82, 2.24) is 29.7 Å². The maximum absolute atomic E-state index is 4.25. The highest BCUT2D eigenvalue weighted by Crippen LogP contribution is 2.19. The predicted octanol–water partition coefficient (Wildman–Crippen LogP) is 1.14. The van der Waals surface area contributed by atoms with Crippen LogP contribution in [0.2, 0.25) is 0 Å². The molecule has 86 valence electrons. The number of fused-ring (bicyclic) bond motifs is 1. The Kier molecular flexibility index (Phi) is 2.04. The average Bonchev–Trinajstić information content (AvgIpc) is 2.84. The van der Waals surface area contributed by atoms with Crippen LogP contribution in [0, 0.1) is 6.92 Å². The average molecular weight is 229 g/mol. The summed E-state index contributed by atoms with van der Waals surface area (Å²) in [5.74, 6) is 2.22. The van der Waals surface area contributed by atoms with Gasteiger partial charge in [0.05, 0.1) is 0 Å². The first-order valence-corrected chi connectivity index (χ1v) is 5.16. The van der Waals surface area contributed by atoms with Crippen molar-refractivity contribution >= 4 is 22.8 Å². The molecule has 0 unspecified atom stereocenters. The van der Waals surface area contributed by atoms with Crippen molar-refractivity contribution in [1.29, 1.82) is 0 Å². The van der Waals surface area contributed by atoms with Crippen molar-refractivity contribution in [3.8, 4) is 0 Å². The lowest BCUT2D eigenvalue weighted by Crippen LogP contribution is -1.97. The number of nitrogens with one attached hydrogen (secondary N) is 2. The van der Waals surface area contributed by atoms with Crippen LogP contribution in [0.3, 0.4) is 0 Å². The van der Waals surface area contributed by atoms with Crippen molar-refractivity contribution in [3.63, 3.8) is 0 Å². The molecule has 2 N–H and O–H groups in total. The maximum Gasteiger partial charge on any atom is 0.183 e. The van der Waals surface area contributed by atoms with E-state index in [1.165, 1.54) is 6.33 Å². The van der Waals surface area contributed by atoms with Gasteiger partial charge in [-0.25, -0.2) is 15.0 Å². The van der Waals surface area contributed by atoms with E-state index in [0.717, 1.165) is 17.2 Å². The van der Waals surface area contributed by atoms with Gasteiger partial charge < -0.3 is 10.3 Å². The molecule has 0 spiro atoms. The van der Waals surface area contributed by atoms with Gasteiger partial charge in [0, 0.05) is 19.3 Å². The first-order valence-electron chi connectivity index (χ1n) is 5.16. The lowest BCUT2D eigenvalue weighted by atomic mass is 10.5. The van der Waals surface area contributed by atoms with Crippen LogP contribution in [-0.4, -0.2) is 29.7 Å². The van der Waals surface area contributed by atoms with E-state index in [4.69, 9.17) is 0 Å². The minimum absolute atomic E-state index is 0.649. The van der Waals surface area contributed by atoms with E-state index < -0.39 is 0 Å². The number of anilines is 2. The van der Waals surface area contributed by atoms with E-state index in [1.54, 1.807) is 4.68 Å². The monoisotopic (exact) mass is 229 g/mol. The molecule has 0 aromatic carbocycles. The van der Waals surface area contributed by atoms with Crippen molar-refractivity contribution in [2.75, 3.05) is 5.32 Å². The van der Waals surface area contributed by atoms with Gasteiger partial charge in [0.1, 0.15) is 17.7 Å². The molecule has 3 aromatic rings. The lowest BCUT2D eigenvalue weighted by Gasteiger charge is -2.01. The van der Waals surface area contributed by atoms with E-state index >= 15 is 0 Å². The SMILES string of the molecule is Cc1nc2ncnc(Nc3ccn(C)n3)c2[nH]1. The summed E-state index contributed by atoms with van der Waals surface area (Å²) in [5, 5.41) is 7.36. The van der Waals surface area contributed by atoms with Crippen LogP contribution in [0.4, 0.5) is 11.6 Å². The summed E-state index contributed by atoms with van der Waals surface area (Å²) in [4.78, 5) is 15.6. The molecular formula is C10H11N7. The largest absolute Gasteiger partial charge is 0.338 e. The normalized spacial score (nSPS) is 10.9. The van der Waals surface area contributed by atoms with Gasteiger partial charge in [0.25, 0.3) is 0 Å². The molecule has 0 aliphatic heterocycles. The van der Waals surface area contributed by atoms with E-state index in [0.29, 0.717) is 11.5 Å². The molecule has 0 amide bonds. The Hall–Kier alpha value is -2.44. The molecule has 0 fully saturated rings. The zero-order valence-electron chi connectivity index (χ0n) is 9.47. The second-order valence-corrected chi connectivity index (χ2v) is 3.74. The van der Waals surface area contributed by atoms with Gasteiger partial charge in [-0.05, 0) is 6.92 Å². The molecule has 7 heteroatoms. The third-order valence-corrected chi connectivity index (χ3v) is 2.37. The quantitative estimate of drug-likeness (QED) is 0.688. The third kappa shape index (κ3) is 1.71. The summed E-state index contributed by atoms with van der Waals surface area (Å²) in [6.45, 7) is 1.88. The first-order chi connectivity index (χ1) is 8.22. The number of rotatable bonds is 2. The van der Waals surface area contributed by atoms with Crippen LogP contribution in [0.5, 0.6) is 0 Å². The Morgan fingerprint density at radius 3 is 3.00 bits per heavy atom. The van der Waals surface area contributed by atoms with Crippen LogP contribution < -0.4 is 5.32 Å². The van der Waals surface area contributed by atoms with Crippen molar-refractivity contribution < 1.29 is 0 Å². The van der Waals surface area contributed by atoms with E-state index in [2.05, 4.69) is 30.4 Å². The molecule has 0 radical (unpaired) electrons. The number of imidazole rings is 1. The Balaban J connectivity index is 2.05. The number of H-pyrrole nitrogens is 1. The van der Waals surface area contributed by atoms with Crippen LogP contribution in [0.15, 0.2) is 18.6 Å². The molecule has 17 heavy (non-hydrogen) atoms. The van der Waals surface area contributed by atoms with Gasteiger partial charge in [0.15, 0.2) is 17.3 Å². The molecule has 0 atom stereocenters. The summed E-state index contributed by atoms with van der Waals surface area (Å²) < 4.78 is 1.72. The van der Waals surface area contributed by atoms with Crippen molar-refractivity contribution in [3.05, 3.63) is 24.4 Å². The van der Waals surface area contributed by atoms with Gasteiger partial charge in [-0.2, -0.15) is 5.10 Å². The Bertz CT molecular complexity index is 666. The predicted molar refractivity (Wildman–Crippen MR) is 62.9 cm³/mol. The van der Waals surface area contributed by atoms with Crippen LogP contribution in [0.1, 0.15) is 5.82 Å². The van der Waals surface area contributed by atoms with Gasteiger partial charge in [-0.3, -0.25) is 4.68 Å². The topological polar surface area (TPSA) is 84.3 Å². The zero-order chi connectivity index (χ0) is 11.8. The highest BCUT2D eigenvalue weighted by molar-refractivity contribution is 5.84.